The molecule has 1 amide bonds. The summed E-state index contributed by atoms with van der Waals surface area (Å²) in [5, 5.41) is 2.61. The van der Waals surface area contributed by atoms with Gasteiger partial charge in [0, 0.05) is 23.9 Å². The number of halogens is 1. The molecule has 1 aliphatic heterocycles. The van der Waals surface area contributed by atoms with E-state index in [1.165, 1.54) is 12.3 Å². The van der Waals surface area contributed by atoms with Gasteiger partial charge in [0.2, 0.25) is 5.95 Å². The van der Waals surface area contributed by atoms with Crippen LogP contribution in [0.25, 0.3) is 0 Å². The maximum absolute atomic E-state index is 12.8. The van der Waals surface area contributed by atoms with E-state index in [0.717, 1.165) is 6.07 Å². The van der Waals surface area contributed by atoms with Crippen LogP contribution in [0.2, 0.25) is 0 Å². The number of aromatic nitrogens is 1. The fourth-order valence-corrected chi connectivity index (χ4v) is 3.59. The van der Waals surface area contributed by atoms with Crippen LogP contribution in [0, 0.1) is 5.95 Å². The minimum Gasteiger partial charge on any atom is -0.348 e. The van der Waals surface area contributed by atoms with Crippen molar-refractivity contribution in [2.24, 2.45) is 0 Å². The Morgan fingerprint density at radius 2 is 2.28 bits per heavy atom. The Hall–Kier alpha value is -1.50. The molecule has 0 spiro atoms. The largest absolute Gasteiger partial charge is 0.348 e. The fourth-order valence-electron chi connectivity index (χ4n) is 1.95. The van der Waals surface area contributed by atoms with Crippen molar-refractivity contribution in [1.29, 1.82) is 0 Å². The molecule has 1 atom stereocenters. The van der Waals surface area contributed by atoms with E-state index in [1.807, 2.05) is 0 Å². The molecule has 1 unspecified atom stereocenters. The van der Waals surface area contributed by atoms with Crippen LogP contribution in [0.3, 0.4) is 0 Å². The molecule has 98 valence electrons. The molecular weight excluding hydrogens is 259 g/mol. The number of rotatable bonds is 2. The average molecular weight is 272 g/mol. The maximum Gasteiger partial charge on any atom is 0.251 e. The van der Waals surface area contributed by atoms with Gasteiger partial charge in [0.05, 0.1) is 11.5 Å². The van der Waals surface area contributed by atoms with E-state index >= 15 is 0 Å². The highest BCUT2D eigenvalue weighted by Crippen LogP contribution is 2.12. The van der Waals surface area contributed by atoms with Gasteiger partial charge >= 0.3 is 0 Å². The van der Waals surface area contributed by atoms with Crippen molar-refractivity contribution in [2.75, 3.05) is 11.5 Å². The highest BCUT2D eigenvalue weighted by atomic mass is 32.2. The molecule has 1 saturated heterocycles. The zero-order valence-corrected chi connectivity index (χ0v) is 10.4. The van der Waals surface area contributed by atoms with Crippen LogP contribution in [0.4, 0.5) is 4.39 Å². The molecule has 0 aliphatic carbocycles. The van der Waals surface area contributed by atoms with E-state index < -0.39 is 27.7 Å². The Morgan fingerprint density at radius 3 is 2.94 bits per heavy atom. The Kier molecular flexibility index (Phi) is 3.60. The standard InChI is InChI=1S/C11H13FN2O3S/c12-10-6-8(3-4-13-10)11(15)14-9-2-1-5-18(16,17)7-9/h3-4,6,9H,1-2,5,7H2,(H,14,15). The van der Waals surface area contributed by atoms with Crippen molar-refractivity contribution in [3.05, 3.63) is 29.8 Å². The molecule has 1 fully saturated rings. The number of nitrogens with zero attached hydrogens (tertiary/aromatic N) is 1. The lowest BCUT2D eigenvalue weighted by Gasteiger charge is -2.22. The number of hydrogen-bond donors (Lipinski definition) is 1. The molecule has 7 heteroatoms. The summed E-state index contributed by atoms with van der Waals surface area (Å²) in [4.78, 5) is 15.1. The Balaban J connectivity index is 2.03. The molecular formula is C11H13FN2O3S. The van der Waals surface area contributed by atoms with E-state index in [0.29, 0.717) is 12.8 Å². The van der Waals surface area contributed by atoms with Crippen molar-refractivity contribution < 1.29 is 17.6 Å². The third-order valence-electron chi connectivity index (χ3n) is 2.79. The van der Waals surface area contributed by atoms with E-state index in [4.69, 9.17) is 0 Å². The molecule has 0 saturated carbocycles. The Labute approximate surface area is 104 Å². The van der Waals surface area contributed by atoms with E-state index in [-0.39, 0.29) is 17.1 Å². The third kappa shape index (κ3) is 3.25. The first-order chi connectivity index (χ1) is 8.46. The summed E-state index contributed by atoms with van der Waals surface area (Å²) in [5.74, 6) is -1.09. The molecule has 1 aromatic heterocycles. The lowest BCUT2D eigenvalue weighted by atomic mass is 10.1. The van der Waals surface area contributed by atoms with Gasteiger partial charge in [-0.25, -0.2) is 13.4 Å². The average Bonchev–Trinajstić information content (AvgIpc) is 2.27. The van der Waals surface area contributed by atoms with Crippen LogP contribution in [-0.4, -0.2) is 36.9 Å². The number of carbonyl (C=O) groups excluding carboxylic acids is 1. The van der Waals surface area contributed by atoms with Gasteiger partial charge in [-0.15, -0.1) is 0 Å². The molecule has 1 aliphatic rings. The predicted molar refractivity (Wildman–Crippen MR) is 63.3 cm³/mol. The zero-order chi connectivity index (χ0) is 13.2. The van der Waals surface area contributed by atoms with Gasteiger partial charge in [-0.3, -0.25) is 4.79 Å². The highest BCUT2D eigenvalue weighted by Gasteiger charge is 2.26. The molecule has 0 radical (unpaired) electrons. The Morgan fingerprint density at radius 1 is 1.50 bits per heavy atom. The summed E-state index contributed by atoms with van der Waals surface area (Å²) >= 11 is 0. The van der Waals surface area contributed by atoms with Gasteiger partial charge in [0.15, 0.2) is 9.84 Å². The van der Waals surface area contributed by atoms with Gasteiger partial charge in [0.25, 0.3) is 5.91 Å². The molecule has 2 rings (SSSR count). The summed E-state index contributed by atoms with van der Waals surface area (Å²) in [6, 6.07) is 2.01. The number of pyridine rings is 1. The molecule has 0 bridgehead atoms. The molecule has 1 aromatic rings. The van der Waals surface area contributed by atoms with Crippen LogP contribution in [0.15, 0.2) is 18.3 Å². The first-order valence-corrected chi connectivity index (χ1v) is 7.41. The van der Waals surface area contributed by atoms with Crippen molar-refractivity contribution >= 4 is 15.7 Å². The van der Waals surface area contributed by atoms with Gasteiger partial charge in [0.1, 0.15) is 0 Å². The summed E-state index contributed by atoms with van der Waals surface area (Å²) in [5.41, 5.74) is 0.144. The predicted octanol–water partition coefficient (Wildman–Crippen LogP) is 0.528. The number of hydrogen-bond acceptors (Lipinski definition) is 4. The van der Waals surface area contributed by atoms with Crippen LogP contribution < -0.4 is 5.32 Å². The minimum atomic E-state index is -3.07. The second-order valence-electron chi connectivity index (χ2n) is 4.29. The highest BCUT2D eigenvalue weighted by molar-refractivity contribution is 7.91. The molecule has 2 heterocycles. The number of amides is 1. The maximum atomic E-state index is 12.8. The summed E-state index contributed by atoms with van der Waals surface area (Å²) in [7, 11) is -3.07. The normalized spacial score (nSPS) is 22.4. The summed E-state index contributed by atoms with van der Waals surface area (Å²) in [6.45, 7) is 0. The first-order valence-electron chi connectivity index (χ1n) is 5.59. The second kappa shape index (κ2) is 5.01. The topological polar surface area (TPSA) is 76.1 Å². The van der Waals surface area contributed by atoms with E-state index in [2.05, 4.69) is 10.3 Å². The zero-order valence-electron chi connectivity index (χ0n) is 9.60. The fraction of sp³-hybridized carbons (Fsp3) is 0.455. The molecule has 18 heavy (non-hydrogen) atoms. The summed E-state index contributed by atoms with van der Waals surface area (Å²) < 4.78 is 35.7. The smallest absolute Gasteiger partial charge is 0.251 e. The third-order valence-corrected chi connectivity index (χ3v) is 4.61. The van der Waals surface area contributed by atoms with E-state index in [1.54, 1.807) is 0 Å². The SMILES string of the molecule is O=C(NC1CCCS(=O)(=O)C1)c1ccnc(F)c1. The molecule has 5 nitrogen and oxygen atoms in total. The van der Waals surface area contributed by atoms with Crippen molar-refractivity contribution in [3.8, 4) is 0 Å². The Bertz CT molecular complexity index is 559. The summed E-state index contributed by atoms with van der Waals surface area (Å²) in [6.07, 6.45) is 2.36. The van der Waals surface area contributed by atoms with Crippen molar-refractivity contribution in [2.45, 2.75) is 18.9 Å². The van der Waals surface area contributed by atoms with Crippen LogP contribution in [0.1, 0.15) is 23.2 Å². The van der Waals surface area contributed by atoms with Gasteiger partial charge < -0.3 is 5.32 Å². The number of nitrogens with one attached hydrogen (secondary N) is 1. The first kappa shape index (κ1) is 12.9. The molecule has 1 N–H and O–H groups in total. The van der Waals surface area contributed by atoms with Crippen LogP contribution in [-0.2, 0) is 9.84 Å². The quantitative estimate of drug-likeness (QED) is 0.797. The van der Waals surface area contributed by atoms with Gasteiger partial charge in [-0.1, -0.05) is 0 Å². The van der Waals surface area contributed by atoms with E-state index in [9.17, 15) is 17.6 Å². The minimum absolute atomic E-state index is 0.0493. The molecule has 0 aromatic carbocycles. The van der Waals surface area contributed by atoms with Crippen LogP contribution >= 0.6 is 0 Å². The van der Waals surface area contributed by atoms with Crippen molar-refractivity contribution in [3.63, 3.8) is 0 Å². The van der Waals surface area contributed by atoms with Crippen LogP contribution in [0.5, 0.6) is 0 Å². The van der Waals surface area contributed by atoms with Gasteiger partial charge in [-0.05, 0) is 18.9 Å². The number of carbonyl (C=O) groups is 1. The lowest BCUT2D eigenvalue weighted by molar-refractivity contribution is 0.0937. The van der Waals surface area contributed by atoms with Gasteiger partial charge in [-0.2, -0.15) is 4.39 Å². The lowest BCUT2D eigenvalue weighted by Crippen LogP contribution is -2.43. The van der Waals surface area contributed by atoms with Crippen molar-refractivity contribution in [1.82, 2.24) is 10.3 Å². The second-order valence-corrected chi connectivity index (χ2v) is 6.52. The monoisotopic (exact) mass is 272 g/mol. The number of sulfone groups is 1.